The minimum absolute atomic E-state index is 0.0711. The number of sulfonamides is 1. The smallest absolute Gasteiger partial charge is 0.352 e. The molecule has 3 N–H and O–H groups in total. The molecule has 0 aliphatic rings. The van der Waals surface area contributed by atoms with Gasteiger partial charge in [-0.15, -0.1) is 0 Å². The van der Waals surface area contributed by atoms with E-state index in [1.165, 1.54) is 36.3 Å². The Morgan fingerprint density at radius 2 is 1.81 bits per heavy atom. The summed E-state index contributed by atoms with van der Waals surface area (Å²) in [7, 11) is -0.749. The minimum Gasteiger partial charge on any atom is -0.477 e. The number of fused-ring (bicyclic) bond motifs is 1. The Kier molecular flexibility index (Phi) is 6.53. The number of carbonyl (C=O) groups excluding carboxylic acids is 1. The fraction of sp³-hybridized carbons (Fsp3) is 0.182. The van der Waals surface area contributed by atoms with Crippen molar-refractivity contribution in [2.24, 2.45) is 0 Å². The van der Waals surface area contributed by atoms with Gasteiger partial charge >= 0.3 is 5.97 Å². The van der Waals surface area contributed by atoms with Crippen molar-refractivity contribution in [2.75, 3.05) is 30.0 Å². The van der Waals surface area contributed by atoms with Crippen LogP contribution in [0.1, 0.15) is 26.5 Å². The SMILES string of the molecule is CNC(=O)c1ccc(Nc2ncc3cc(C(=O)O)n(Cc4nccnc4N(C)S(C)(=O)=O)c3n2)cc1. The minimum atomic E-state index is -3.63. The summed E-state index contributed by atoms with van der Waals surface area (Å²) in [6.45, 7) is -0.106. The Hall–Kier alpha value is -4.59. The highest BCUT2D eigenvalue weighted by Gasteiger charge is 2.22. The maximum Gasteiger partial charge on any atom is 0.352 e. The van der Waals surface area contributed by atoms with Gasteiger partial charge in [-0.1, -0.05) is 0 Å². The van der Waals surface area contributed by atoms with Gasteiger partial charge in [0.05, 0.1) is 12.8 Å². The normalized spacial score (nSPS) is 11.3. The van der Waals surface area contributed by atoms with Crippen molar-refractivity contribution in [3.8, 4) is 0 Å². The van der Waals surface area contributed by atoms with E-state index in [1.54, 1.807) is 31.3 Å². The van der Waals surface area contributed by atoms with Crippen LogP contribution in [0.3, 0.4) is 0 Å². The largest absolute Gasteiger partial charge is 0.477 e. The summed E-state index contributed by atoms with van der Waals surface area (Å²) >= 11 is 0. The first-order valence-electron chi connectivity index (χ1n) is 10.5. The van der Waals surface area contributed by atoms with Crippen molar-refractivity contribution < 1.29 is 23.1 Å². The molecule has 1 amide bonds. The maximum absolute atomic E-state index is 12.1. The van der Waals surface area contributed by atoms with Crippen LogP contribution in [0.5, 0.6) is 0 Å². The van der Waals surface area contributed by atoms with Crippen LogP contribution in [0.4, 0.5) is 17.5 Å². The molecule has 0 bridgehead atoms. The molecule has 4 aromatic rings. The molecule has 0 spiro atoms. The van der Waals surface area contributed by atoms with Crippen molar-refractivity contribution in [1.29, 1.82) is 0 Å². The topological polar surface area (TPSA) is 172 Å². The number of rotatable bonds is 8. The van der Waals surface area contributed by atoms with E-state index in [1.807, 2.05) is 0 Å². The van der Waals surface area contributed by atoms with Gasteiger partial charge in [0.15, 0.2) is 5.82 Å². The summed E-state index contributed by atoms with van der Waals surface area (Å²) in [5.41, 5.74) is 1.56. The number of hydrogen-bond donors (Lipinski definition) is 3. The highest BCUT2D eigenvalue weighted by molar-refractivity contribution is 7.92. The van der Waals surface area contributed by atoms with Crippen molar-refractivity contribution in [3.05, 3.63) is 65.9 Å². The van der Waals surface area contributed by atoms with Crippen LogP contribution < -0.4 is 14.9 Å². The van der Waals surface area contributed by atoms with Gasteiger partial charge < -0.3 is 20.3 Å². The van der Waals surface area contributed by atoms with Crippen LogP contribution in [-0.2, 0) is 16.6 Å². The van der Waals surface area contributed by atoms with Gasteiger partial charge in [-0.3, -0.25) is 14.1 Å². The number of nitrogens with one attached hydrogen (secondary N) is 2. The van der Waals surface area contributed by atoms with Gasteiger partial charge in [-0.05, 0) is 30.3 Å². The molecule has 0 radical (unpaired) electrons. The van der Waals surface area contributed by atoms with E-state index in [0.717, 1.165) is 10.6 Å². The van der Waals surface area contributed by atoms with E-state index in [2.05, 4.69) is 30.6 Å². The molecule has 0 aliphatic carbocycles. The third-order valence-electron chi connectivity index (χ3n) is 5.34. The van der Waals surface area contributed by atoms with Crippen LogP contribution in [0.15, 0.2) is 48.9 Å². The van der Waals surface area contributed by atoms with Crippen LogP contribution in [0.2, 0.25) is 0 Å². The van der Waals surface area contributed by atoms with Gasteiger partial charge in [0, 0.05) is 49.3 Å². The third kappa shape index (κ3) is 4.93. The molecule has 36 heavy (non-hydrogen) atoms. The molecule has 0 atom stereocenters. The summed E-state index contributed by atoms with van der Waals surface area (Å²) in [5, 5.41) is 15.8. The zero-order chi connectivity index (χ0) is 26.0. The number of hydrogen-bond acceptors (Lipinski definition) is 9. The van der Waals surface area contributed by atoms with Crippen LogP contribution in [0.25, 0.3) is 11.0 Å². The molecule has 0 fully saturated rings. The maximum atomic E-state index is 12.1. The van der Waals surface area contributed by atoms with E-state index in [-0.39, 0.29) is 35.6 Å². The van der Waals surface area contributed by atoms with E-state index in [9.17, 15) is 23.1 Å². The summed E-state index contributed by atoms with van der Waals surface area (Å²) < 4.78 is 26.5. The molecule has 0 saturated heterocycles. The molecule has 3 aromatic heterocycles. The lowest BCUT2D eigenvalue weighted by molar-refractivity contribution is 0.0685. The van der Waals surface area contributed by atoms with Crippen molar-refractivity contribution >= 4 is 50.4 Å². The molecule has 4 rings (SSSR count). The first-order chi connectivity index (χ1) is 17.1. The lowest BCUT2D eigenvalue weighted by atomic mass is 10.2. The molecule has 3 heterocycles. The molecule has 186 valence electrons. The zero-order valence-electron chi connectivity index (χ0n) is 19.5. The highest BCUT2D eigenvalue weighted by atomic mass is 32.2. The lowest BCUT2D eigenvalue weighted by Crippen LogP contribution is -2.28. The number of carbonyl (C=O) groups is 2. The van der Waals surface area contributed by atoms with Gasteiger partial charge in [0.1, 0.15) is 17.0 Å². The van der Waals surface area contributed by atoms with Crippen LogP contribution in [-0.4, -0.2) is 70.3 Å². The monoisotopic (exact) mass is 510 g/mol. The number of benzene rings is 1. The molecular formula is C22H22N8O5S. The van der Waals surface area contributed by atoms with Gasteiger partial charge in [-0.25, -0.2) is 23.2 Å². The van der Waals surface area contributed by atoms with Gasteiger partial charge in [0.2, 0.25) is 16.0 Å². The van der Waals surface area contributed by atoms with Crippen molar-refractivity contribution in [3.63, 3.8) is 0 Å². The predicted molar refractivity (Wildman–Crippen MR) is 132 cm³/mol. The van der Waals surface area contributed by atoms with E-state index < -0.39 is 16.0 Å². The summed E-state index contributed by atoms with van der Waals surface area (Å²) in [6, 6.07) is 8.08. The Labute approximate surface area is 205 Å². The summed E-state index contributed by atoms with van der Waals surface area (Å²) in [6.07, 6.45) is 5.26. The van der Waals surface area contributed by atoms with E-state index >= 15 is 0 Å². The molecule has 0 aliphatic heterocycles. The number of carboxylic acid groups (broad SMARTS) is 1. The quantitative estimate of drug-likeness (QED) is 0.315. The fourth-order valence-corrected chi connectivity index (χ4v) is 3.92. The average molecular weight is 511 g/mol. The number of aromatic nitrogens is 5. The first-order valence-corrected chi connectivity index (χ1v) is 12.4. The number of amides is 1. The second-order valence-corrected chi connectivity index (χ2v) is 9.75. The zero-order valence-corrected chi connectivity index (χ0v) is 20.3. The van der Waals surface area contributed by atoms with Crippen molar-refractivity contribution in [2.45, 2.75) is 6.54 Å². The Balaban J connectivity index is 1.73. The summed E-state index contributed by atoms with van der Waals surface area (Å²) in [5.74, 6) is -1.15. The van der Waals surface area contributed by atoms with Crippen molar-refractivity contribution in [1.82, 2.24) is 29.8 Å². The second kappa shape index (κ2) is 9.58. The summed E-state index contributed by atoms with van der Waals surface area (Å²) in [4.78, 5) is 40.8. The van der Waals surface area contributed by atoms with E-state index in [0.29, 0.717) is 22.3 Å². The molecule has 0 saturated carbocycles. The number of nitrogens with zero attached hydrogens (tertiary/aromatic N) is 6. The third-order valence-corrected chi connectivity index (χ3v) is 6.51. The number of aromatic carboxylic acids is 1. The number of carboxylic acids is 1. The average Bonchev–Trinajstić information content (AvgIpc) is 3.21. The second-order valence-electron chi connectivity index (χ2n) is 7.73. The van der Waals surface area contributed by atoms with Gasteiger partial charge in [-0.2, -0.15) is 4.98 Å². The molecular weight excluding hydrogens is 488 g/mol. The van der Waals surface area contributed by atoms with Crippen LogP contribution in [0, 0.1) is 0 Å². The Morgan fingerprint density at radius 1 is 1.11 bits per heavy atom. The lowest BCUT2D eigenvalue weighted by Gasteiger charge is -2.18. The van der Waals surface area contributed by atoms with E-state index in [4.69, 9.17) is 0 Å². The Bertz CT molecular complexity index is 1570. The molecule has 0 unspecified atom stereocenters. The Morgan fingerprint density at radius 3 is 2.44 bits per heavy atom. The highest BCUT2D eigenvalue weighted by Crippen LogP contribution is 2.24. The van der Waals surface area contributed by atoms with Crippen LogP contribution >= 0.6 is 0 Å². The van der Waals surface area contributed by atoms with Gasteiger partial charge in [0.25, 0.3) is 5.91 Å². The first kappa shape index (κ1) is 24.5. The molecule has 13 nitrogen and oxygen atoms in total. The number of anilines is 3. The molecule has 1 aromatic carbocycles. The fourth-order valence-electron chi connectivity index (χ4n) is 3.46. The standard InChI is InChI=1S/C22H22N8O5S/c1-23-20(31)13-4-6-15(7-5-13)27-22-26-11-14-10-17(21(32)33)30(18(14)28-22)12-16-19(25-9-8-24-16)29(2)36(3,34)35/h4-11H,12H2,1-3H3,(H,23,31)(H,32,33)(H,26,27,28). The predicted octanol–water partition coefficient (Wildman–Crippen LogP) is 1.47. The molecule has 14 heteroatoms.